The number of nitrogens with zero attached hydrogens (tertiary/aromatic N) is 1. The van der Waals surface area contributed by atoms with Crippen LogP contribution in [0.3, 0.4) is 0 Å². The van der Waals surface area contributed by atoms with Gasteiger partial charge >= 0.3 is 0 Å². The summed E-state index contributed by atoms with van der Waals surface area (Å²) in [5.41, 5.74) is 2.15. The summed E-state index contributed by atoms with van der Waals surface area (Å²) in [6.45, 7) is 1.77. The van der Waals surface area contributed by atoms with E-state index < -0.39 is 0 Å². The molecule has 3 rings (SSSR count). The molecule has 1 fully saturated rings. The van der Waals surface area contributed by atoms with Gasteiger partial charge in [0.1, 0.15) is 0 Å². The molecule has 86 valence electrons. The highest BCUT2D eigenvalue weighted by Gasteiger charge is 2.34. The third-order valence-corrected chi connectivity index (χ3v) is 4.44. The molecule has 2 heterocycles. The van der Waals surface area contributed by atoms with Crippen molar-refractivity contribution in [1.29, 1.82) is 0 Å². The summed E-state index contributed by atoms with van der Waals surface area (Å²) in [5, 5.41) is 0. The van der Waals surface area contributed by atoms with Gasteiger partial charge in [-0.3, -0.25) is 0 Å². The van der Waals surface area contributed by atoms with E-state index in [1.165, 1.54) is 0 Å². The monoisotopic (exact) mass is 349 g/mol. The summed E-state index contributed by atoms with van der Waals surface area (Å²) >= 11 is 6.59. The summed E-state index contributed by atoms with van der Waals surface area (Å²) in [6, 6.07) is 1.86. The van der Waals surface area contributed by atoms with Gasteiger partial charge in [-0.15, -0.1) is 0 Å². The molecule has 2 aliphatic heterocycles. The lowest BCUT2D eigenvalue weighted by molar-refractivity contribution is 0.393. The largest absolute Gasteiger partial charge is 0.351 e. The minimum atomic E-state index is -0.211. The van der Waals surface area contributed by atoms with Crippen LogP contribution >= 0.6 is 31.9 Å². The molecule has 16 heavy (non-hydrogen) atoms. The number of halogens is 3. The average molecular weight is 351 g/mol. The molecule has 1 unspecified atom stereocenters. The van der Waals surface area contributed by atoms with Crippen LogP contribution in [-0.4, -0.2) is 19.4 Å². The third-order valence-electron chi connectivity index (χ3n) is 3.04. The summed E-state index contributed by atoms with van der Waals surface area (Å²) in [4.78, 5) is 2.22. The Kier molecular flexibility index (Phi) is 2.72. The molecule has 0 aliphatic carbocycles. The first kappa shape index (κ1) is 11.0. The Bertz CT molecular complexity index is 448. The van der Waals surface area contributed by atoms with E-state index in [-0.39, 0.29) is 12.0 Å². The molecular formula is C11H10Br2FNO. The van der Waals surface area contributed by atoms with E-state index in [0.29, 0.717) is 8.95 Å². The molecule has 0 aromatic heterocycles. The van der Waals surface area contributed by atoms with Gasteiger partial charge in [0.2, 0.25) is 0 Å². The van der Waals surface area contributed by atoms with Gasteiger partial charge in [-0.05, 0) is 56.3 Å². The second-order valence-corrected chi connectivity index (χ2v) is 5.72. The van der Waals surface area contributed by atoms with Crippen molar-refractivity contribution in [1.82, 2.24) is 0 Å². The molecular weight excluding hydrogens is 341 g/mol. The fourth-order valence-corrected chi connectivity index (χ4v) is 3.48. The first-order chi connectivity index (χ1) is 7.68. The molecule has 1 aromatic rings. The highest BCUT2D eigenvalue weighted by atomic mass is 79.9. The molecule has 1 atom stereocenters. The minimum absolute atomic E-state index is 0.198. The molecule has 0 saturated carbocycles. The fraction of sp³-hybridized carbons (Fsp3) is 0.455. The van der Waals surface area contributed by atoms with Crippen LogP contribution in [0, 0.1) is 5.82 Å². The predicted octanol–water partition coefficient (Wildman–Crippen LogP) is 3.46. The van der Waals surface area contributed by atoms with Crippen molar-refractivity contribution in [3.63, 3.8) is 0 Å². The lowest BCUT2D eigenvalue weighted by atomic mass is 10.0. The van der Waals surface area contributed by atoms with Gasteiger partial charge in [0.05, 0.1) is 15.6 Å². The quantitative estimate of drug-likeness (QED) is 0.569. The maximum Gasteiger partial charge on any atom is 0.154 e. The van der Waals surface area contributed by atoms with E-state index >= 15 is 0 Å². The predicted molar refractivity (Wildman–Crippen MR) is 67.2 cm³/mol. The van der Waals surface area contributed by atoms with Gasteiger partial charge < -0.3 is 9.64 Å². The lowest BCUT2D eigenvalue weighted by Gasteiger charge is -2.31. The van der Waals surface area contributed by atoms with Gasteiger partial charge in [-0.25, -0.2) is 4.39 Å². The molecule has 0 amide bonds. The lowest BCUT2D eigenvalue weighted by Crippen LogP contribution is -2.32. The van der Waals surface area contributed by atoms with Crippen molar-refractivity contribution in [2.24, 2.45) is 0 Å². The zero-order chi connectivity index (χ0) is 11.3. The van der Waals surface area contributed by atoms with E-state index in [1.54, 1.807) is 0 Å². The van der Waals surface area contributed by atoms with Crippen molar-refractivity contribution in [3.8, 4) is 0 Å². The molecule has 0 radical (unpaired) electrons. The Balaban J connectivity index is 2.12. The zero-order valence-electron chi connectivity index (χ0n) is 8.47. The average Bonchev–Trinajstić information content (AvgIpc) is 3.09. The van der Waals surface area contributed by atoms with Crippen molar-refractivity contribution in [3.05, 3.63) is 26.4 Å². The van der Waals surface area contributed by atoms with E-state index in [2.05, 4.69) is 36.8 Å². The van der Waals surface area contributed by atoms with Crippen LogP contribution in [0.15, 0.2) is 15.0 Å². The highest BCUT2D eigenvalue weighted by molar-refractivity contribution is 9.11. The summed E-state index contributed by atoms with van der Waals surface area (Å²) in [5.74, 6) is -0.211. The van der Waals surface area contributed by atoms with Gasteiger partial charge in [0, 0.05) is 12.2 Å². The smallest absolute Gasteiger partial charge is 0.154 e. The normalized spacial score (nSPS) is 23.2. The topological polar surface area (TPSA) is 15.8 Å². The third kappa shape index (κ3) is 1.69. The van der Waals surface area contributed by atoms with E-state index in [1.807, 2.05) is 6.07 Å². The van der Waals surface area contributed by atoms with E-state index in [4.69, 9.17) is 4.74 Å². The fourth-order valence-electron chi connectivity index (χ4n) is 2.18. The number of rotatable bonds is 1. The molecule has 0 spiro atoms. The van der Waals surface area contributed by atoms with Crippen molar-refractivity contribution >= 4 is 37.5 Å². The maximum atomic E-state index is 13.7. The maximum absolute atomic E-state index is 13.7. The summed E-state index contributed by atoms with van der Waals surface area (Å²) in [6.07, 6.45) is 2.17. The number of benzene rings is 1. The van der Waals surface area contributed by atoms with Crippen LogP contribution in [0.5, 0.6) is 0 Å². The number of ether oxygens (including phenoxy) is 1. The number of fused-ring (bicyclic) bond motifs is 1. The highest BCUT2D eigenvalue weighted by Crippen LogP contribution is 2.40. The Hall–Kier alpha value is -0.130. The molecule has 2 nitrogen and oxygen atoms in total. The van der Waals surface area contributed by atoms with E-state index in [0.717, 1.165) is 37.2 Å². The zero-order valence-corrected chi connectivity index (χ0v) is 11.6. The van der Waals surface area contributed by atoms with Crippen molar-refractivity contribution in [2.45, 2.75) is 19.1 Å². The Labute approximate surface area is 110 Å². The second kappa shape index (κ2) is 3.96. The molecule has 0 bridgehead atoms. The minimum Gasteiger partial charge on any atom is -0.351 e. The molecule has 5 heteroatoms. The Morgan fingerprint density at radius 2 is 2.19 bits per heavy atom. The van der Waals surface area contributed by atoms with Crippen LogP contribution < -0.4 is 4.90 Å². The van der Waals surface area contributed by atoms with E-state index in [9.17, 15) is 4.39 Å². The standard InChI is InChI=1S/C11H10Br2FNO/c12-7-4-8-6(10(13)11(7)14)2-1-3-15(8)9-5-16-9/h4,9H,1-3,5H2. The van der Waals surface area contributed by atoms with Gasteiger partial charge in [-0.1, -0.05) is 0 Å². The Morgan fingerprint density at radius 1 is 1.44 bits per heavy atom. The number of hydrogen-bond donors (Lipinski definition) is 0. The van der Waals surface area contributed by atoms with Crippen LogP contribution in [0.2, 0.25) is 0 Å². The van der Waals surface area contributed by atoms with Crippen molar-refractivity contribution < 1.29 is 9.13 Å². The first-order valence-electron chi connectivity index (χ1n) is 5.23. The Morgan fingerprint density at radius 3 is 2.88 bits per heavy atom. The second-order valence-electron chi connectivity index (χ2n) is 4.07. The van der Waals surface area contributed by atoms with Gasteiger partial charge in [-0.2, -0.15) is 0 Å². The van der Waals surface area contributed by atoms with Crippen LogP contribution in [0.4, 0.5) is 10.1 Å². The summed E-state index contributed by atoms with van der Waals surface area (Å²) < 4.78 is 20.1. The van der Waals surface area contributed by atoms with Gasteiger partial charge in [0.25, 0.3) is 0 Å². The van der Waals surface area contributed by atoms with Crippen LogP contribution in [0.25, 0.3) is 0 Å². The number of anilines is 1. The first-order valence-corrected chi connectivity index (χ1v) is 6.81. The molecule has 1 aromatic carbocycles. The molecule has 1 saturated heterocycles. The van der Waals surface area contributed by atoms with Crippen molar-refractivity contribution in [2.75, 3.05) is 18.1 Å². The number of epoxide rings is 1. The molecule has 0 N–H and O–H groups in total. The van der Waals surface area contributed by atoms with Crippen LogP contribution in [-0.2, 0) is 11.2 Å². The molecule has 2 aliphatic rings. The van der Waals surface area contributed by atoms with Crippen LogP contribution in [0.1, 0.15) is 12.0 Å². The number of hydrogen-bond acceptors (Lipinski definition) is 2. The summed E-state index contributed by atoms with van der Waals surface area (Å²) in [7, 11) is 0. The van der Waals surface area contributed by atoms with Gasteiger partial charge in [0.15, 0.2) is 12.0 Å². The SMILES string of the molecule is Fc1c(Br)cc2c(c1Br)CCCN2C1CO1.